The lowest BCUT2D eigenvalue weighted by Gasteiger charge is -2.22. The Hall–Kier alpha value is -0.610. The summed E-state index contributed by atoms with van der Waals surface area (Å²) in [6.07, 6.45) is 0. The minimum atomic E-state index is -0.793. The van der Waals surface area contributed by atoms with Gasteiger partial charge in [0.1, 0.15) is 6.04 Å². The Bertz CT molecular complexity index is 160. The first-order valence-electron chi connectivity index (χ1n) is 4.56. The van der Waals surface area contributed by atoms with E-state index in [1.54, 1.807) is 7.05 Å². The van der Waals surface area contributed by atoms with Gasteiger partial charge in [-0.15, -0.1) is 0 Å². The van der Waals surface area contributed by atoms with Crippen molar-refractivity contribution in [1.82, 2.24) is 10.2 Å². The standard InChI is InChI=1S/C9H20N2O2/c1-7(2)5-11(4)6-8(10-3)9(12)13/h7-8,10H,5-6H2,1-4H3,(H,12,13). The van der Waals surface area contributed by atoms with E-state index >= 15 is 0 Å². The lowest BCUT2D eigenvalue weighted by atomic mass is 10.2. The normalized spacial score (nSPS) is 13.7. The molecule has 0 fully saturated rings. The smallest absolute Gasteiger partial charge is 0.322 e. The fourth-order valence-electron chi connectivity index (χ4n) is 1.30. The summed E-state index contributed by atoms with van der Waals surface area (Å²) in [5.41, 5.74) is 0. The largest absolute Gasteiger partial charge is 0.480 e. The summed E-state index contributed by atoms with van der Waals surface area (Å²) in [7, 11) is 3.61. The highest BCUT2D eigenvalue weighted by atomic mass is 16.4. The minimum absolute atomic E-state index is 0.469. The maximum Gasteiger partial charge on any atom is 0.322 e. The number of carboxylic acids is 1. The van der Waals surface area contributed by atoms with Crippen LogP contribution in [0.2, 0.25) is 0 Å². The number of aliphatic carboxylic acids is 1. The Balaban J connectivity index is 3.86. The van der Waals surface area contributed by atoms with Crippen molar-refractivity contribution in [2.75, 3.05) is 27.2 Å². The third kappa shape index (κ3) is 5.60. The van der Waals surface area contributed by atoms with Gasteiger partial charge in [-0.05, 0) is 20.0 Å². The maximum absolute atomic E-state index is 10.7. The second-order valence-electron chi connectivity index (χ2n) is 3.79. The third-order valence-electron chi connectivity index (χ3n) is 1.82. The van der Waals surface area contributed by atoms with Crippen molar-refractivity contribution in [3.05, 3.63) is 0 Å². The zero-order valence-electron chi connectivity index (χ0n) is 8.87. The Kier molecular flexibility index (Phi) is 5.66. The number of hydrogen-bond acceptors (Lipinski definition) is 3. The van der Waals surface area contributed by atoms with Gasteiger partial charge in [0, 0.05) is 13.1 Å². The van der Waals surface area contributed by atoms with Gasteiger partial charge in [0.25, 0.3) is 0 Å². The van der Waals surface area contributed by atoms with E-state index in [9.17, 15) is 4.79 Å². The van der Waals surface area contributed by atoms with E-state index in [-0.39, 0.29) is 0 Å². The van der Waals surface area contributed by atoms with Crippen molar-refractivity contribution in [3.63, 3.8) is 0 Å². The van der Waals surface area contributed by atoms with Gasteiger partial charge in [-0.1, -0.05) is 13.8 Å². The molecular formula is C9H20N2O2. The van der Waals surface area contributed by atoms with Crippen LogP contribution in [0.1, 0.15) is 13.8 Å². The first-order chi connectivity index (χ1) is 5.97. The van der Waals surface area contributed by atoms with E-state index in [2.05, 4.69) is 19.2 Å². The van der Waals surface area contributed by atoms with E-state index in [1.807, 2.05) is 11.9 Å². The van der Waals surface area contributed by atoms with E-state index in [4.69, 9.17) is 5.11 Å². The van der Waals surface area contributed by atoms with Crippen molar-refractivity contribution >= 4 is 5.97 Å². The van der Waals surface area contributed by atoms with Crippen LogP contribution >= 0.6 is 0 Å². The fourth-order valence-corrected chi connectivity index (χ4v) is 1.30. The summed E-state index contributed by atoms with van der Waals surface area (Å²) < 4.78 is 0. The molecule has 0 radical (unpaired) electrons. The summed E-state index contributed by atoms with van der Waals surface area (Å²) in [5, 5.41) is 11.5. The van der Waals surface area contributed by atoms with Crippen LogP contribution in [0.5, 0.6) is 0 Å². The van der Waals surface area contributed by atoms with Gasteiger partial charge in [-0.2, -0.15) is 0 Å². The number of carbonyl (C=O) groups is 1. The van der Waals surface area contributed by atoms with Crippen LogP contribution in [-0.4, -0.2) is 49.2 Å². The molecule has 1 atom stereocenters. The highest BCUT2D eigenvalue weighted by Gasteiger charge is 2.16. The topological polar surface area (TPSA) is 52.6 Å². The predicted octanol–water partition coefficient (Wildman–Crippen LogP) is 0.247. The zero-order chi connectivity index (χ0) is 10.4. The molecule has 4 heteroatoms. The third-order valence-corrected chi connectivity index (χ3v) is 1.82. The number of carboxylic acid groups (broad SMARTS) is 1. The lowest BCUT2D eigenvalue weighted by Crippen LogP contribution is -2.44. The number of hydrogen-bond donors (Lipinski definition) is 2. The SMILES string of the molecule is CNC(CN(C)CC(C)C)C(=O)O. The molecule has 4 nitrogen and oxygen atoms in total. The van der Waals surface area contributed by atoms with Gasteiger partial charge < -0.3 is 15.3 Å². The van der Waals surface area contributed by atoms with Crippen LogP contribution in [0.15, 0.2) is 0 Å². The van der Waals surface area contributed by atoms with Crippen LogP contribution in [0, 0.1) is 5.92 Å². The van der Waals surface area contributed by atoms with E-state index in [1.165, 1.54) is 0 Å². The van der Waals surface area contributed by atoms with Crippen molar-refractivity contribution in [2.45, 2.75) is 19.9 Å². The van der Waals surface area contributed by atoms with Crippen LogP contribution < -0.4 is 5.32 Å². The molecule has 0 saturated carbocycles. The van der Waals surface area contributed by atoms with E-state index in [0.717, 1.165) is 6.54 Å². The molecular weight excluding hydrogens is 168 g/mol. The highest BCUT2D eigenvalue weighted by molar-refractivity contribution is 5.73. The van der Waals surface area contributed by atoms with Gasteiger partial charge >= 0.3 is 5.97 Å². The number of likely N-dealkylation sites (N-methyl/N-ethyl adjacent to an activating group) is 2. The summed E-state index contributed by atoms with van der Waals surface area (Å²) in [6.45, 7) is 5.70. The number of nitrogens with zero attached hydrogens (tertiary/aromatic N) is 1. The van der Waals surface area contributed by atoms with Gasteiger partial charge in [-0.3, -0.25) is 4.79 Å². The number of nitrogens with one attached hydrogen (secondary N) is 1. The fraction of sp³-hybridized carbons (Fsp3) is 0.889. The molecule has 78 valence electrons. The van der Waals surface area contributed by atoms with Crippen molar-refractivity contribution < 1.29 is 9.90 Å². The molecule has 0 bridgehead atoms. The van der Waals surface area contributed by atoms with Crippen LogP contribution in [0.4, 0.5) is 0 Å². The molecule has 0 heterocycles. The molecule has 2 N–H and O–H groups in total. The molecule has 0 aliphatic carbocycles. The van der Waals surface area contributed by atoms with Gasteiger partial charge in [-0.25, -0.2) is 0 Å². The molecule has 0 saturated heterocycles. The first kappa shape index (κ1) is 12.4. The molecule has 0 amide bonds. The van der Waals surface area contributed by atoms with Gasteiger partial charge in [0.15, 0.2) is 0 Å². The van der Waals surface area contributed by atoms with Gasteiger partial charge in [0.2, 0.25) is 0 Å². The molecule has 0 spiro atoms. The molecule has 1 unspecified atom stereocenters. The summed E-state index contributed by atoms with van der Waals surface area (Å²) in [6, 6.07) is -0.469. The predicted molar refractivity (Wildman–Crippen MR) is 52.8 cm³/mol. The second kappa shape index (κ2) is 5.94. The average molecular weight is 188 g/mol. The van der Waals surface area contributed by atoms with Crippen LogP contribution in [-0.2, 0) is 4.79 Å². The van der Waals surface area contributed by atoms with Crippen molar-refractivity contribution in [1.29, 1.82) is 0 Å². The molecule has 13 heavy (non-hydrogen) atoms. The van der Waals surface area contributed by atoms with Crippen molar-refractivity contribution in [2.24, 2.45) is 5.92 Å². The number of rotatable bonds is 6. The quantitative estimate of drug-likeness (QED) is 0.627. The Morgan fingerprint density at radius 2 is 2.00 bits per heavy atom. The summed E-state index contributed by atoms with van der Waals surface area (Å²) >= 11 is 0. The molecule has 0 aromatic heterocycles. The maximum atomic E-state index is 10.7. The average Bonchev–Trinajstić information content (AvgIpc) is 1.98. The molecule has 0 rings (SSSR count). The Morgan fingerprint density at radius 3 is 2.31 bits per heavy atom. The molecule has 0 aliphatic rings. The van der Waals surface area contributed by atoms with Crippen LogP contribution in [0.25, 0.3) is 0 Å². The molecule has 0 aromatic rings. The molecule has 0 aliphatic heterocycles. The Labute approximate surface area is 79.9 Å². The molecule has 0 aromatic carbocycles. The van der Waals surface area contributed by atoms with E-state index < -0.39 is 12.0 Å². The zero-order valence-corrected chi connectivity index (χ0v) is 8.87. The van der Waals surface area contributed by atoms with E-state index in [0.29, 0.717) is 12.5 Å². The van der Waals surface area contributed by atoms with Gasteiger partial charge in [0.05, 0.1) is 0 Å². The summed E-state index contributed by atoms with van der Waals surface area (Å²) in [5.74, 6) is -0.227. The van der Waals surface area contributed by atoms with Crippen LogP contribution in [0.3, 0.4) is 0 Å². The highest BCUT2D eigenvalue weighted by Crippen LogP contribution is 1.97. The second-order valence-corrected chi connectivity index (χ2v) is 3.79. The summed E-state index contributed by atoms with van der Waals surface area (Å²) in [4.78, 5) is 12.7. The Morgan fingerprint density at radius 1 is 1.46 bits per heavy atom. The monoisotopic (exact) mass is 188 g/mol. The minimum Gasteiger partial charge on any atom is -0.480 e. The first-order valence-corrected chi connectivity index (χ1v) is 4.56. The lowest BCUT2D eigenvalue weighted by molar-refractivity contribution is -0.139. The van der Waals surface area contributed by atoms with Crippen molar-refractivity contribution in [3.8, 4) is 0 Å².